The van der Waals surface area contributed by atoms with Crippen LogP contribution in [0.15, 0.2) is 48.8 Å². The number of pyridine rings is 1. The third kappa shape index (κ3) is 4.84. The maximum Gasteiger partial charge on any atom is 0.253 e. The second-order valence-corrected chi connectivity index (χ2v) is 9.34. The van der Waals surface area contributed by atoms with E-state index in [-0.39, 0.29) is 11.3 Å². The van der Waals surface area contributed by atoms with Gasteiger partial charge in [-0.1, -0.05) is 32.0 Å². The van der Waals surface area contributed by atoms with Crippen LogP contribution in [0.25, 0.3) is 0 Å². The number of para-hydroxylation sites is 1. The molecule has 160 valence electrons. The molecule has 1 amide bonds. The number of nitrogens with zero attached hydrogens (tertiary/aromatic N) is 3. The Morgan fingerprint density at radius 1 is 1.10 bits per heavy atom. The van der Waals surface area contributed by atoms with Crippen molar-refractivity contribution in [1.29, 1.82) is 0 Å². The van der Waals surface area contributed by atoms with Crippen LogP contribution in [0, 0.1) is 11.3 Å². The highest BCUT2D eigenvalue weighted by Crippen LogP contribution is 2.40. The molecule has 0 N–H and O–H groups in total. The first-order chi connectivity index (χ1) is 14.5. The Morgan fingerprint density at radius 2 is 1.90 bits per heavy atom. The lowest BCUT2D eigenvalue weighted by molar-refractivity contribution is 0.0526. The molecule has 1 aromatic carbocycles. The number of ether oxygens (including phenoxy) is 1. The van der Waals surface area contributed by atoms with E-state index in [4.69, 9.17) is 4.74 Å². The molecule has 2 aromatic rings. The molecule has 1 atom stereocenters. The molecule has 0 radical (unpaired) electrons. The Kier molecular flexibility index (Phi) is 6.38. The first-order valence-corrected chi connectivity index (χ1v) is 11.2. The largest absolute Gasteiger partial charge is 0.493 e. The van der Waals surface area contributed by atoms with Gasteiger partial charge in [0.2, 0.25) is 0 Å². The van der Waals surface area contributed by atoms with Gasteiger partial charge in [-0.2, -0.15) is 0 Å². The van der Waals surface area contributed by atoms with Crippen molar-refractivity contribution in [3.05, 3.63) is 59.9 Å². The van der Waals surface area contributed by atoms with Crippen LogP contribution in [0.3, 0.4) is 0 Å². The van der Waals surface area contributed by atoms with Crippen LogP contribution < -0.4 is 4.74 Å². The van der Waals surface area contributed by atoms with Gasteiger partial charge in [-0.05, 0) is 49.9 Å². The maximum absolute atomic E-state index is 13.0. The van der Waals surface area contributed by atoms with Crippen molar-refractivity contribution < 1.29 is 9.53 Å². The van der Waals surface area contributed by atoms with E-state index in [2.05, 4.69) is 46.8 Å². The molecule has 0 bridgehead atoms. The molecule has 2 aliphatic rings. The summed E-state index contributed by atoms with van der Waals surface area (Å²) in [4.78, 5) is 21.6. The quantitative estimate of drug-likeness (QED) is 0.718. The Labute approximate surface area is 180 Å². The first kappa shape index (κ1) is 20.9. The molecule has 2 fully saturated rings. The molecule has 2 saturated heterocycles. The van der Waals surface area contributed by atoms with Crippen molar-refractivity contribution in [3.63, 3.8) is 0 Å². The van der Waals surface area contributed by atoms with Crippen molar-refractivity contribution in [3.8, 4) is 5.75 Å². The molecule has 3 heterocycles. The van der Waals surface area contributed by atoms with Gasteiger partial charge in [-0.3, -0.25) is 14.7 Å². The van der Waals surface area contributed by atoms with E-state index in [1.54, 1.807) is 12.4 Å². The Balaban J connectivity index is 1.40. The molecule has 0 saturated carbocycles. The molecule has 4 rings (SSSR count). The number of carbonyl (C=O) groups excluding carboxylic acids is 1. The van der Waals surface area contributed by atoms with Gasteiger partial charge in [0.1, 0.15) is 5.75 Å². The highest BCUT2D eigenvalue weighted by molar-refractivity contribution is 5.94. The van der Waals surface area contributed by atoms with Gasteiger partial charge in [-0.15, -0.1) is 0 Å². The normalized spacial score (nSPS) is 22.0. The average molecular weight is 408 g/mol. The summed E-state index contributed by atoms with van der Waals surface area (Å²) in [5.74, 6) is 1.66. The second kappa shape index (κ2) is 9.17. The molecule has 5 nitrogen and oxygen atoms in total. The number of hydrogen-bond donors (Lipinski definition) is 0. The van der Waals surface area contributed by atoms with Gasteiger partial charge in [-0.25, -0.2) is 0 Å². The van der Waals surface area contributed by atoms with E-state index in [9.17, 15) is 4.79 Å². The Bertz CT molecular complexity index is 854. The van der Waals surface area contributed by atoms with Crippen LogP contribution in [0.2, 0.25) is 0 Å². The molecule has 1 spiro atoms. The fourth-order valence-corrected chi connectivity index (χ4v) is 4.83. The first-order valence-electron chi connectivity index (χ1n) is 11.2. The number of hydrogen-bond acceptors (Lipinski definition) is 4. The van der Waals surface area contributed by atoms with Crippen LogP contribution in [-0.2, 0) is 6.54 Å². The third-order valence-corrected chi connectivity index (χ3v) is 6.33. The summed E-state index contributed by atoms with van der Waals surface area (Å²) in [6, 6.07) is 12.0. The zero-order valence-electron chi connectivity index (χ0n) is 18.2. The van der Waals surface area contributed by atoms with Crippen LogP contribution in [0.1, 0.15) is 49.0 Å². The topological polar surface area (TPSA) is 45.7 Å². The van der Waals surface area contributed by atoms with E-state index in [1.165, 1.54) is 12.0 Å². The average Bonchev–Trinajstić information content (AvgIpc) is 3.14. The summed E-state index contributed by atoms with van der Waals surface area (Å²) >= 11 is 0. The molecule has 30 heavy (non-hydrogen) atoms. The number of piperidine rings is 1. The predicted molar refractivity (Wildman–Crippen MR) is 118 cm³/mol. The molecule has 2 aliphatic heterocycles. The van der Waals surface area contributed by atoms with Crippen molar-refractivity contribution in [2.45, 2.75) is 39.7 Å². The molecular weight excluding hydrogens is 374 g/mol. The van der Waals surface area contributed by atoms with Gasteiger partial charge in [0.25, 0.3) is 5.91 Å². The molecule has 1 unspecified atom stereocenters. The lowest BCUT2D eigenvalue weighted by atomic mass is 9.79. The van der Waals surface area contributed by atoms with Gasteiger partial charge >= 0.3 is 0 Å². The number of likely N-dealkylation sites (tertiary alicyclic amines) is 2. The van der Waals surface area contributed by atoms with Crippen molar-refractivity contribution in [1.82, 2.24) is 14.8 Å². The minimum atomic E-state index is 0.141. The van der Waals surface area contributed by atoms with Crippen LogP contribution in [0.5, 0.6) is 5.75 Å². The summed E-state index contributed by atoms with van der Waals surface area (Å²) in [5, 5.41) is 0. The number of amides is 1. The van der Waals surface area contributed by atoms with Crippen molar-refractivity contribution in [2.24, 2.45) is 11.3 Å². The number of rotatable bonds is 6. The van der Waals surface area contributed by atoms with Crippen molar-refractivity contribution >= 4 is 5.91 Å². The van der Waals surface area contributed by atoms with E-state index in [0.29, 0.717) is 5.92 Å². The number of carbonyl (C=O) groups is 1. The fourth-order valence-electron chi connectivity index (χ4n) is 4.83. The lowest BCUT2D eigenvalue weighted by Gasteiger charge is -2.40. The number of benzene rings is 1. The Hall–Kier alpha value is -2.40. The fraction of sp³-hybridized carbons (Fsp3) is 0.520. The van der Waals surface area contributed by atoms with Gasteiger partial charge in [0.15, 0.2) is 0 Å². The monoisotopic (exact) mass is 407 g/mol. The lowest BCUT2D eigenvalue weighted by Crippen LogP contribution is -2.47. The van der Waals surface area contributed by atoms with Crippen molar-refractivity contribution in [2.75, 3.05) is 32.8 Å². The molecular formula is C25H33N3O2. The zero-order valence-corrected chi connectivity index (χ0v) is 18.2. The minimum absolute atomic E-state index is 0.141. The van der Waals surface area contributed by atoms with Crippen LogP contribution in [0.4, 0.5) is 0 Å². The van der Waals surface area contributed by atoms with Gasteiger partial charge in [0.05, 0.1) is 6.61 Å². The summed E-state index contributed by atoms with van der Waals surface area (Å²) < 4.78 is 6.06. The second-order valence-electron chi connectivity index (χ2n) is 9.34. The Morgan fingerprint density at radius 3 is 2.70 bits per heavy atom. The number of aromatic nitrogens is 1. The molecule has 5 heteroatoms. The SMILES string of the molecule is CC(C)COc1ccccc1CN1CCC2(CCCN(C(=O)c3ccncc3)C2)C1. The summed E-state index contributed by atoms with van der Waals surface area (Å²) in [6.45, 7) is 9.84. The van der Waals surface area contributed by atoms with Gasteiger partial charge in [0, 0.05) is 55.1 Å². The van der Waals surface area contributed by atoms with E-state index < -0.39 is 0 Å². The maximum atomic E-state index is 13.0. The van der Waals surface area contributed by atoms with E-state index in [0.717, 1.165) is 63.5 Å². The summed E-state index contributed by atoms with van der Waals surface area (Å²) in [7, 11) is 0. The highest BCUT2D eigenvalue weighted by atomic mass is 16.5. The molecule has 0 aliphatic carbocycles. The minimum Gasteiger partial charge on any atom is -0.493 e. The van der Waals surface area contributed by atoms with E-state index in [1.807, 2.05) is 18.2 Å². The summed E-state index contributed by atoms with van der Waals surface area (Å²) in [5.41, 5.74) is 2.22. The van der Waals surface area contributed by atoms with Gasteiger partial charge < -0.3 is 9.64 Å². The van der Waals surface area contributed by atoms with Crippen LogP contribution in [-0.4, -0.2) is 53.5 Å². The smallest absolute Gasteiger partial charge is 0.253 e. The predicted octanol–water partition coefficient (Wildman–Crippen LogP) is 4.24. The summed E-state index contributed by atoms with van der Waals surface area (Å²) in [6.07, 6.45) is 6.84. The van der Waals surface area contributed by atoms with Crippen LogP contribution >= 0.6 is 0 Å². The third-order valence-electron chi connectivity index (χ3n) is 6.33. The standard InChI is InChI=1S/C25H33N3O2/c1-20(2)17-30-23-7-4-3-6-22(23)16-27-15-11-25(18-27)10-5-14-28(19-25)24(29)21-8-12-26-13-9-21/h3-4,6-9,12-13,20H,5,10-11,14-19H2,1-2H3. The molecule has 1 aromatic heterocycles. The zero-order chi connectivity index (χ0) is 21.0. The van der Waals surface area contributed by atoms with E-state index >= 15 is 0 Å². The highest BCUT2D eigenvalue weighted by Gasteiger charge is 2.42.